The summed E-state index contributed by atoms with van der Waals surface area (Å²) >= 11 is 1.52. The zero-order chi connectivity index (χ0) is 36.9. The number of pyridine rings is 1. The molecule has 2 amide bonds. The summed E-state index contributed by atoms with van der Waals surface area (Å²) in [5.41, 5.74) is 1.93. The Bertz CT molecular complexity index is 2040. The number of hydrogen-bond donors (Lipinski definition) is 1. The summed E-state index contributed by atoms with van der Waals surface area (Å²) in [5.74, 6) is -1.77. The van der Waals surface area contributed by atoms with Crippen molar-refractivity contribution in [2.75, 3.05) is 26.5 Å². The molecule has 3 heterocycles. The molecule has 0 bridgehead atoms. The lowest BCUT2D eigenvalue weighted by atomic mass is 9.92. The number of aromatic nitrogens is 2. The van der Waals surface area contributed by atoms with E-state index in [0.29, 0.717) is 54.9 Å². The number of thiazole rings is 1. The van der Waals surface area contributed by atoms with Crippen molar-refractivity contribution in [1.82, 2.24) is 20.2 Å². The Morgan fingerprint density at radius 3 is 2.60 bits per heavy atom. The van der Waals surface area contributed by atoms with Crippen molar-refractivity contribution in [3.8, 4) is 22.2 Å². The Kier molecular flexibility index (Phi) is 9.96. The number of nitrogens with one attached hydrogen (secondary N) is 1. The lowest BCUT2D eigenvalue weighted by molar-refractivity contribution is -0.140. The number of amides is 2. The fraction of sp³-hybridized carbons (Fsp3) is 0.564. The van der Waals surface area contributed by atoms with Crippen LogP contribution in [0.5, 0.6) is 11.5 Å². The Morgan fingerprint density at radius 2 is 1.88 bits per heavy atom. The number of ether oxygens (including phenoxy) is 2. The number of ketones is 1. The summed E-state index contributed by atoms with van der Waals surface area (Å²) in [6.45, 7) is 6.71. The number of allylic oxidation sites excluding steroid dienone is 1. The zero-order valence-corrected chi connectivity index (χ0v) is 32.1. The van der Waals surface area contributed by atoms with Gasteiger partial charge in [0, 0.05) is 41.9 Å². The van der Waals surface area contributed by atoms with Gasteiger partial charge in [0.15, 0.2) is 15.6 Å². The third-order valence-corrected chi connectivity index (χ3v) is 14.3. The van der Waals surface area contributed by atoms with Crippen molar-refractivity contribution in [3.63, 3.8) is 0 Å². The second-order valence-corrected chi connectivity index (χ2v) is 18.5. The SMILES string of the molecule is COc1ccc2c(O[C@@H]3C[C@H]4C(=O)N[C@]5(C(=O)CS(=O)(=O)C6CC6)C[C@H]5/C=C\CCCCN(C)C(=O)[C@@H]4C3)cc(-c3nc(C(C)C)cs3)nc2c1C. The quantitative estimate of drug-likeness (QED) is 0.269. The first-order valence-corrected chi connectivity index (χ1v) is 21.0. The molecule has 1 N–H and O–H groups in total. The van der Waals surface area contributed by atoms with Crippen molar-refractivity contribution in [2.45, 2.75) is 94.9 Å². The number of sulfone groups is 1. The highest BCUT2D eigenvalue weighted by Gasteiger charge is 2.61. The van der Waals surface area contributed by atoms with Crippen molar-refractivity contribution in [3.05, 3.63) is 47.0 Å². The van der Waals surface area contributed by atoms with Crippen LogP contribution in [-0.4, -0.2) is 84.2 Å². The first kappa shape index (κ1) is 36.5. The monoisotopic (exact) mass is 748 g/mol. The maximum absolute atomic E-state index is 14.3. The minimum Gasteiger partial charge on any atom is -0.496 e. The van der Waals surface area contributed by atoms with Crippen molar-refractivity contribution >= 4 is 49.7 Å². The fourth-order valence-electron chi connectivity index (χ4n) is 7.79. The number of Topliss-reactive ketones (excluding diaryl/α,β-unsaturated/α-hetero) is 1. The molecule has 2 aromatic heterocycles. The number of carbonyl (C=O) groups is 3. The third-order valence-electron chi connectivity index (χ3n) is 11.2. The average Bonchev–Trinajstić information content (AvgIpc) is 3.98. The molecule has 0 saturated heterocycles. The van der Waals surface area contributed by atoms with Crippen molar-refractivity contribution < 1.29 is 32.3 Å². The lowest BCUT2D eigenvalue weighted by Gasteiger charge is -2.26. The number of methoxy groups -OCH3 is 1. The maximum atomic E-state index is 14.3. The van der Waals surface area contributed by atoms with Gasteiger partial charge in [0.25, 0.3) is 0 Å². The predicted molar refractivity (Wildman–Crippen MR) is 200 cm³/mol. The molecular formula is C39H48N4O7S2. The number of hydrogen-bond acceptors (Lipinski definition) is 10. The van der Waals surface area contributed by atoms with E-state index in [1.165, 1.54) is 11.3 Å². The Hall–Kier alpha value is -3.84. The maximum Gasteiger partial charge on any atom is 0.226 e. The van der Waals surface area contributed by atoms with Gasteiger partial charge >= 0.3 is 0 Å². The minimum absolute atomic E-state index is 0.132. The number of carbonyl (C=O) groups excluding carboxylic acids is 3. The van der Waals surface area contributed by atoms with Crippen LogP contribution in [0.3, 0.4) is 0 Å². The number of fused-ring (bicyclic) bond motifs is 3. The molecule has 3 aliphatic carbocycles. The molecule has 52 heavy (non-hydrogen) atoms. The number of benzene rings is 1. The van der Waals surface area contributed by atoms with Crippen LogP contribution in [0.4, 0.5) is 0 Å². The molecule has 11 nitrogen and oxygen atoms in total. The highest BCUT2D eigenvalue weighted by atomic mass is 32.2. The first-order valence-electron chi connectivity index (χ1n) is 18.4. The highest BCUT2D eigenvalue weighted by Crippen LogP contribution is 2.48. The summed E-state index contributed by atoms with van der Waals surface area (Å²) in [6.07, 6.45) is 7.97. The molecule has 0 spiro atoms. The standard InChI is InChI=1S/C39H48N4O7S2/c1-22(2)31-20-51-37(41-31)30-18-33(27-13-14-32(49-5)23(3)35(27)40-30)50-25-16-28-29(17-25)38(46)43(4)15-9-7-6-8-10-24-19-39(24,42-36(28)45)34(44)21-52(47,48)26-11-12-26/h8,10,13-14,18,20,22,24-26,28-29H,6-7,9,11-12,15-17,19,21H2,1-5H3,(H,42,45)/b10-8-/t24-,25-,28-,29-,39-/m1/s1. The molecule has 5 atom stereocenters. The largest absolute Gasteiger partial charge is 0.496 e. The zero-order valence-electron chi connectivity index (χ0n) is 30.5. The molecule has 1 aliphatic heterocycles. The molecule has 278 valence electrons. The van der Waals surface area contributed by atoms with E-state index in [4.69, 9.17) is 19.4 Å². The van der Waals surface area contributed by atoms with Crippen LogP contribution in [0.1, 0.15) is 82.4 Å². The van der Waals surface area contributed by atoms with Gasteiger partial charge in [-0.2, -0.15) is 0 Å². The number of aryl methyl sites for hydroxylation is 1. The van der Waals surface area contributed by atoms with Gasteiger partial charge < -0.3 is 19.7 Å². The topological polar surface area (TPSA) is 145 Å². The molecule has 0 radical (unpaired) electrons. The summed E-state index contributed by atoms with van der Waals surface area (Å²) in [7, 11) is -0.181. The van der Waals surface area contributed by atoms with Gasteiger partial charge in [-0.1, -0.05) is 26.0 Å². The Balaban J connectivity index is 1.21. The van der Waals surface area contributed by atoms with Crippen molar-refractivity contribution in [2.24, 2.45) is 17.8 Å². The molecule has 3 aromatic rings. The van der Waals surface area contributed by atoms with Gasteiger partial charge in [-0.25, -0.2) is 18.4 Å². The predicted octanol–water partition coefficient (Wildman–Crippen LogP) is 5.79. The van der Waals surface area contributed by atoms with E-state index in [0.717, 1.165) is 40.9 Å². The molecule has 0 unspecified atom stereocenters. The van der Waals surface area contributed by atoms with E-state index in [-0.39, 0.29) is 24.2 Å². The normalized spacial score (nSPS) is 27.5. The van der Waals surface area contributed by atoms with E-state index >= 15 is 0 Å². The van der Waals surface area contributed by atoms with Crippen LogP contribution in [0.25, 0.3) is 21.6 Å². The molecular weight excluding hydrogens is 701 g/mol. The van der Waals surface area contributed by atoms with E-state index in [2.05, 4.69) is 19.2 Å². The summed E-state index contributed by atoms with van der Waals surface area (Å²) in [5, 5.41) is 6.14. The van der Waals surface area contributed by atoms with Gasteiger partial charge in [-0.3, -0.25) is 14.4 Å². The third kappa shape index (κ3) is 7.10. The van der Waals surface area contributed by atoms with E-state index < -0.39 is 56.0 Å². The Morgan fingerprint density at radius 1 is 1.12 bits per heavy atom. The molecule has 7 rings (SSSR count). The lowest BCUT2D eigenvalue weighted by Crippen LogP contribution is -2.51. The van der Waals surface area contributed by atoms with Crippen molar-refractivity contribution in [1.29, 1.82) is 0 Å². The van der Waals surface area contributed by atoms with Gasteiger partial charge in [-0.15, -0.1) is 11.3 Å². The Labute approximate surface area is 309 Å². The van der Waals surface area contributed by atoms with E-state index in [1.54, 1.807) is 19.1 Å². The van der Waals surface area contributed by atoms with Gasteiger partial charge in [0.1, 0.15) is 39.6 Å². The fourth-order valence-corrected chi connectivity index (χ4v) is 10.4. The molecule has 3 fully saturated rings. The number of nitrogens with zero attached hydrogens (tertiary/aromatic N) is 3. The summed E-state index contributed by atoms with van der Waals surface area (Å²) < 4.78 is 38.2. The van der Waals surface area contributed by atoms with E-state index in [9.17, 15) is 22.8 Å². The van der Waals surface area contributed by atoms with Gasteiger partial charge in [-0.05, 0) is 76.3 Å². The smallest absolute Gasteiger partial charge is 0.226 e. The molecule has 1 aromatic carbocycles. The van der Waals surface area contributed by atoms with Gasteiger partial charge in [0.05, 0.1) is 35.4 Å². The molecule has 4 aliphatic rings. The molecule has 3 saturated carbocycles. The summed E-state index contributed by atoms with van der Waals surface area (Å²) in [6, 6.07) is 5.68. The van der Waals surface area contributed by atoms with Crippen LogP contribution < -0.4 is 14.8 Å². The first-order chi connectivity index (χ1) is 24.8. The summed E-state index contributed by atoms with van der Waals surface area (Å²) in [4.78, 5) is 53.7. The highest BCUT2D eigenvalue weighted by molar-refractivity contribution is 7.93. The molecule has 13 heteroatoms. The van der Waals surface area contributed by atoms with Crippen LogP contribution in [0.15, 0.2) is 35.7 Å². The average molecular weight is 749 g/mol. The van der Waals surface area contributed by atoms with Crippen LogP contribution in [0.2, 0.25) is 0 Å². The number of rotatable bonds is 9. The van der Waals surface area contributed by atoms with Crippen LogP contribution >= 0.6 is 11.3 Å². The van der Waals surface area contributed by atoms with E-state index in [1.807, 2.05) is 42.7 Å². The van der Waals surface area contributed by atoms with Crippen LogP contribution in [-0.2, 0) is 24.2 Å². The van der Waals surface area contributed by atoms with Crippen LogP contribution in [0, 0.1) is 24.7 Å². The minimum atomic E-state index is -3.58. The second-order valence-electron chi connectivity index (χ2n) is 15.3. The second kappa shape index (κ2) is 14.2. The van der Waals surface area contributed by atoms with Gasteiger partial charge in [0.2, 0.25) is 11.8 Å².